The summed E-state index contributed by atoms with van der Waals surface area (Å²) in [5.41, 5.74) is 5.80. The monoisotopic (exact) mass is 393 g/mol. The molecule has 0 spiro atoms. The lowest BCUT2D eigenvalue weighted by Gasteiger charge is -2.02. The van der Waals surface area contributed by atoms with Crippen molar-refractivity contribution >= 4 is 23.0 Å². The van der Waals surface area contributed by atoms with Crippen molar-refractivity contribution in [3.8, 4) is 11.3 Å². The summed E-state index contributed by atoms with van der Waals surface area (Å²) < 4.78 is 73.2. The van der Waals surface area contributed by atoms with Gasteiger partial charge < -0.3 is 10.8 Å². The number of aliphatic carboxylic acids is 1. The highest BCUT2D eigenvalue weighted by Crippen LogP contribution is 2.30. The zero-order chi connectivity index (χ0) is 20.5. The Balaban J connectivity index is 0.000000321. The Labute approximate surface area is 146 Å². The standard InChI is InChI=1S/C12H8F3N5.C2HF3O2/c1-20-11-6(4-17-12(16)18-11)10(19-20)5-2-3-7(13)9(15)8(5)14;3-2(4,5)1(6)7/h2-4H,1H3,(H2,16,17,18);(H,6,7). The van der Waals surface area contributed by atoms with Gasteiger partial charge in [0.05, 0.1) is 5.39 Å². The summed E-state index contributed by atoms with van der Waals surface area (Å²) in [6.45, 7) is 0. The van der Waals surface area contributed by atoms with E-state index in [2.05, 4.69) is 15.1 Å². The third-order valence-corrected chi connectivity index (χ3v) is 3.13. The lowest BCUT2D eigenvalue weighted by Crippen LogP contribution is -2.21. The van der Waals surface area contributed by atoms with Gasteiger partial charge in [-0.15, -0.1) is 0 Å². The van der Waals surface area contributed by atoms with Crippen LogP contribution in [0.2, 0.25) is 0 Å². The quantitative estimate of drug-likeness (QED) is 0.486. The number of nitrogens with two attached hydrogens (primary N) is 1. The molecule has 0 aliphatic rings. The summed E-state index contributed by atoms with van der Waals surface area (Å²) in [6.07, 6.45) is -3.72. The highest BCUT2D eigenvalue weighted by Gasteiger charge is 2.38. The van der Waals surface area contributed by atoms with Crippen LogP contribution in [0.4, 0.5) is 32.3 Å². The Morgan fingerprint density at radius 2 is 1.78 bits per heavy atom. The minimum Gasteiger partial charge on any atom is -0.475 e. The Hall–Kier alpha value is -3.38. The lowest BCUT2D eigenvalue weighted by molar-refractivity contribution is -0.192. The number of aryl methyl sites for hydroxylation is 1. The highest BCUT2D eigenvalue weighted by molar-refractivity contribution is 5.91. The maximum atomic E-state index is 13.8. The summed E-state index contributed by atoms with van der Waals surface area (Å²) in [4.78, 5) is 16.7. The molecule has 3 N–H and O–H groups in total. The largest absolute Gasteiger partial charge is 0.490 e. The van der Waals surface area contributed by atoms with Gasteiger partial charge in [0.1, 0.15) is 5.69 Å². The maximum Gasteiger partial charge on any atom is 0.490 e. The number of nitrogen functional groups attached to an aromatic ring is 1. The summed E-state index contributed by atoms with van der Waals surface area (Å²) in [6, 6.07) is 1.96. The van der Waals surface area contributed by atoms with Crippen LogP contribution in [0.25, 0.3) is 22.3 Å². The number of alkyl halides is 3. The summed E-state index contributed by atoms with van der Waals surface area (Å²) in [5.74, 6) is -6.82. The van der Waals surface area contributed by atoms with Gasteiger partial charge in [0.25, 0.3) is 0 Å². The van der Waals surface area contributed by atoms with Gasteiger partial charge in [-0.3, -0.25) is 0 Å². The molecule has 0 saturated heterocycles. The van der Waals surface area contributed by atoms with Crippen molar-refractivity contribution in [3.05, 3.63) is 35.8 Å². The fourth-order valence-corrected chi connectivity index (χ4v) is 1.96. The fourth-order valence-electron chi connectivity index (χ4n) is 1.96. The molecule has 0 aliphatic heterocycles. The topological polar surface area (TPSA) is 107 Å². The molecule has 1 aromatic carbocycles. The zero-order valence-electron chi connectivity index (χ0n) is 13.2. The molecular weight excluding hydrogens is 384 g/mol. The van der Waals surface area contributed by atoms with E-state index in [9.17, 15) is 26.3 Å². The van der Waals surface area contributed by atoms with Crippen LogP contribution in [-0.4, -0.2) is 37.0 Å². The smallest absolute Gasteiger partial charge is 0.475 e. The number of hydrogen-bond acceptors (Lipinski definition) is 5. The molecule has 7 nitrogen and oxygen atoms in total. The molecule has 0 unspecified atom stereocenters. The first-order valence-corrected chi connectivity index (χ1v) is 6.82. The molecule has 0 aliphatic carbocycles. The van der Waals surface area contributed by atoms with Crippen LogP contribution in [0.15, 0.2) is 18.3 Å². The normalized spacial score (nSPS) is 11.2. The van der Waals surface area contributed by atoms with Crippen LogP contribution in [0.1, 0.15) is 0 Å². The Morgan fingerprint density at radius 1 is 1.19 bits per heavy atom. The Bertz CT molecular complexity index is 1020. The van der Waals surface area contributed by atoms with Crippen molar-refractivity contribution < 1.29 is 36.2 Å². The van der Waals surface area contributed by atoms with Gasteiger partial charge in [-0.05, 0) is 12.1 Å². The van der Waals surface area contributed by atoms with E-state index >= 15 is 0 Å². The SMILES string of the molecule is Cn1nc(-c2ccc(F)c(F)c2F)c2cnc(N)nc21.O=C(O)C(F)(F)F. The average molecular weight is 393 g/mol. The number of hydrogen-bond donors (Lipinski definition) is 2. The number of aromatic nitrogens is 4. The lowest BCUT2D eigenvalue weighted by atomic mass is 10.1. The Morgan fingerprint density at radius 3 is 2.33 bits per heavy atom. The first-order chi connectivity index (χ1) is 12.4. The summed E-state index contributed by atoms with van der Waals surface area (Å²) >= 11 is 0. The van der Waals surface area contributed by atoms with Gasteiger partial charge in [-0.1, -0.05) is 0 Å². The molecular formula is C14H9F6N5O2. The van der Waals surface area contributed by atoms with E-state index in [1.54, 1.807) is 7.05 Å². The molecule has 3 aromatic rings. The number of fused-ring (bicyclic) bond motifs is 1. The number of rotatable bonds is 1. The van der Waals surface area contributed by atoms with Crippen LogP contribution < -0.4 is 5.73 Å². The van der Waals surface area contributed by atoms with Crippen molar-refractivity contribution in [1.82, 2.24) is 19.7 Å². The van der Waals surface area contributed by atoms with E-state index in [1.807, 2.05) is 0 Å². The molecule has 0 amide bonds. The molecule has 2 heterocycles. The fraction of sp³-hybridized carbons (Fsp3) is 0.143. The van der Waals surface area contributed by atoms with Crippen molar-refractivity contribution in [2.45, 2.75) is 6.18 Å². The van der Waals surface area contributed by atoms with E-state index in [4.69, 9.17) is 15.6 Å². The third-order valence-electron chi connectivity index (χ3n) is 3.13. The predicted molar refractivity (Wildman–Crippen MR) is 79.7 cm³/mol. The molecule has 0 radical (unpaired) electrons. The zero-order valence-corrected chi connectivity index (χ0v) is 13.2. The first-order valence-electron chi connectivity index (χ1n) is 6.82. The molecule has 144 valence electrons. The van der Waals surface area contributed by atoms with Gasteiger partial charge in [-0.25, -0.2) is 27.6 Å². The van der Waals surface area contributed by atoms with Gasteiger partial charge in [0.2, 0.25) is 5.95 Å². The van der Waals surface area contributed by atoms with Crippen LogP contribution >= 0.6 is 0 Å². The second-order valence-electron chi connectivity index (χ2n) is 4.96. The molecule has 3 rings (SSSR count). The number of benzene rings is 1. The van der Waals surface area contributed by atoms with Gasteiger partial charge >= 0.3 is 12.1 Å². The number of anilines is 1. The second kappa shape index (κ2) is 7.09. The average Bonchev–Trinajstić information content (AvgIpc) is 2.89. The Kier molecular flexibility index (Phi) is 5.23. The minimum atomic E-state index is -5.08. The van der Waals surface area contributed by atoms with Crippen LogP contribution in [-0.2, 0) is 11.8 Å². The molecule has 2 aromatic heterocycles. The van der Waals surface area contributed by atoms with Crippen molar-refractivity contribution in [1.29, 1.82) is 0 Å². The highest BCUT2D eigenvalue weighted by atomic mass is 19.4. The number of halogens is 6. The van der Waals surface area contributed by atoms with Crippen molar-refractivity contribution in [2.24, 2.45) is 7.05 Å². The van der Waals surface area contributed by atoms with Gasteiger partial charge in [0.15, 0.2) is 23.1 Å². The molecule has 0 saturated carbocycles. The van der Waals surface area contributed by atoms with E-state index < -0.39 is 29.6 Å². The van der Waals surface area contributed by atoms with Crippen LogP contribution in [0, 0.1) is 17.5 Å². The summed E-state index contributed by atoms with van der Waals surface area (Å²) in [7, 11) is 1.58. The second-order valence-corrected chi connectivity index (χ2v) is 4.96. The summed E-state index contributed by atoms with van der Waals surface area (Å²) in [5, 5.41) is 11.6. The minimum absolute atomic E-state index is 0.0396. The molecule has 27 heavy (non-hydrogen) atoms. The van der Waals surface area contributed by atoms with Crippen LogP contribution in [0.5, 0.6) is 0 Å². The molecule has 0 bridgehead atoms. The third kappa shape index (κ3) is 4.07. The van der Waals surface area contributed by atoms with Crippen molar-refractivity contribution in [2.75, 3.05) is 5.73 Å². The van der Waals surface area contributed by atoms with Gasteiger partial charge in [0, 0.05) is 18.8 Å². The first kappa shape index (κ1) is 19.9. The number of nitrogens with zero attached hydrogens (tertiary/aromatic N) is 4. The number of carboxylic acids is 1. The predicted octanol–water partition coefficient (Wildman–Crippen LogP) is 2.66. The van der Waals surface area contributed by atoms with Crippen LogP contribution in [0.3, 0.4) is 0 Å². The van der Waals surface area contributed by atoms with E-state index in [-0.39, 0.29) is 17.2 Å². The van der Waals surface area contributed by atoms with E-state index in [0.717, 1.165) is 12.1 Å². The van der Waals surface area contributed by atoms with Gasteiger partial charge in [-0.2, -0.15) is 23.3 Å². The number of carbonyl (C=O) groups is 1. The molecule has 0 fully saturated rings. The molecule has 0 atom stereocenters. The van der Waals surface area contributed by atoms with E-state index in [1.165, 1.54) is 10.9 Å². The molecule has 13 heteroatoms. The maximum absolute atomic E-state index is 13.8. The van der Waals surface area contributed by atoms with E-state index in [0.29, 0.717) is 11.0 Å². The number of carboxylic acid groups (broad SMARTS) is 1. The van der Waals surface area contributed by atoms with Crippen molar-refractivity contribution in [3.63, 3.8) is 0 Å².